The molecule has 0 aliphatic rings. The highest BCUT2D eigenvalue weighted by atomic mass is 16.5. The molecule has 0 unspecified atom stereocenters. The van der Waals surface area contributed by atoms with Crippen molar-refractivity contribution >= 4 is 12.3 Å². The van der Waals surface area contributed by atoms with Crippen LogP contribution in [0.5, 0.6) is 0 Å². The van der Waals surface area contributed by atoms with E-state index in [1.165, 1.54) is 0 Å². The number of esters is 1. The van der Waals surface area contributed by atoms with Crippen molar-refractivity contribution in [1.82, 2.24) is 0 Å². The summed E-state index contributed by atoms with van der Waals surface area (Å²) in [6.07, 6.45) is 7.48. The largest absolute Gasteiger partial charge is 0.463 e. The van der Waals surface area contributed by atoms with E-state index in [4.69, 9.17) is 4.74 Å². The molecule has 3 nitrogen and oxygen atoms in total. The van der Waals surface area contributed by atoms with E-state index >= 15 is 0 Å². The highest BCUT2D eigenvalue weighted by Gasteiger charge is 2.01. The van der Waals surface area contributed by atoms with Crippen molar-refractivity contribution in [1.29, 1.82) is 0 Å². The van der Waals surface area contributed by atoms with Gasteiger partial charge in [-0.25, -0.2) is 4.79 Å². The molecule has 0 aliphatic heterocycles. The third-order valence-corrected chi connectivity index (χ3v) is 1.60. The van der Waals surface area contributed by atoms with Crippen LogP contribution in [0.3, 0.4) is 0 Å². The van der Waals surface area contributed by atoms with Crippen LogP contribution < -0.4 is 0 Å². The molecule has 3 heteroatoms. The number of carbonyl (C=O) groups is 2. The molecule has 0 spiro atoms. The Morgan fingerprint density at radius 3 is 2.33 bits per heavy atom. The maximum absolute atomic E-state index is 11.1. The molecule has 0 rings (SSSR count). The fourth-order valence-corrected chi connectivity index (χ4v) is 0.759. The summed E-state index contributed by atoms with van der Waals surface area (Å²) in [5.74, 6) is -0.321. The Morgan fingerprint density at radius 2 is 1.80 bits per heavy atom. The average molecular weight is 208 g/mol. The lowest BCUT2D eigenvalue weighted by atomic mass is 10.2. The second kappa shape index (κ2) is 7.74. The Bertz CT molecular complexity index is 309. The van der Waals surface area contributed by atoms with Gasteiger partial charge in [-0.3, -0.25) is 4.79 Å². The fraction of sp³-hybridized carbons (Fsp3) is 0.333. The van der Waals surface area contributed by atoms with E-state index in [1.54, 1.807) is 45.1 Å². The van der Waals surface area contributed by atoms with E-state index in [2.05, 4.69) is 0 Å². The normalized spacial score (nSPS) is 13.0. The topological polar surface area (TPSA) is 43.4 Å². The zero-order chi connectivity index (χ0) is 11.7. The summed E-state index contributed by atoms with van der Waals surface area (Å²) in [5, 5.41) is 0. The molecule has 0 saturated heterocycles. The monoisotopic (exact) mass is 208 g/mol. The minimum Gasteiger partial charge on any atom is -0.463 e. The van der Waals surface area contributed by atoms with Crippen molar-refractivity contribution in [2.75, 3.05) is 6.61 Å². The molecule has 0 aliphatic carbocycles. The van der Waals surface area contributed by atoms with Crippen molar-refractivity contribution < 1.29 is 14.3 Å². The van der Waals surface area contributed by atoms with Gasteiger partial charge in [0, 0.05) is 5.57 Å². The van der Waals surface area contributed by atoms with Crippen LogP contribution in [0.15, 0.2) is 35.5 Å². The highest BCUT2D eigenvalue weighted by Crippen LogP contribution is 1.97. The smallest absolute Gasteiger partial charge is 0.333 e. The second-order valence-electron chi connectivity index (χ2n) is 2.98. The van der Waals surface area contributed by atoms with Gasteiger partial charge in [0.2, 0.25) is 0 Å². The summed E-state index contributed by atoms with van der Waals surface area (Å²) in [4.78, 5) is 21.4. The number of hydrogen-bond donors (Lipinski definition) is 0. The minimum absolute atomic E-state index is 0.321. The van der Waals surface area contributed by atoms with Gasteiger partial charge in [0.15, 0.2) is 0 Å². The van der Waals surface area contributed by atoms with Crippen molar-refractivity contribution in [3.63, 3.8) is 0 Å². The van der Waals surface area contributed by atoms with Crippen LogP contribution in [0.25, 0.3) is 0 Å². The van der Waals surface area contributed by atoms with Gasteiger partial charge in [-0.1, -0.05) is 24.3 Å². The molecule has 0 N–H and O–H groups in total. The van der Waals surface area contributed by atoms with Crippen LogP contribution in [-0.2, 0) is 14.3 Å². The molecule has 0 atom stereocenters. The maximum atomic E-state index is 11.1. The number of hydrogen-bond acceptors (Lipinski definition) is 3. The Balaban J connectivity index is 4.27. The zero-order valence-corrected chi connectivity index (χ0v) is 9.32. The molecule has 0 aromatic rings. The number of aldehydes is 1. The molecule has 0 amide bonds. The first-order valence-electron chi connectivity index (χ1n) is 4.76. The van der Waals surface area contributed by atoms with Gasteiger partial charge in [-0.15, -0.1) is 0 Å². The predicted octanol–water partition coefficient (Wildman–Crippen LogP) is 2.20. The van der Waals surface area contributed by atoms with Crippen LogP contribution in [0.1, 0.15) is 20.8 Å². The Labute approximate surface area is 90.1 Å². The Kier molecular flexibility index (Phi) is 6.89. The molecular weight excluding hydrogens is 192 g/mol. The van der Waals surface area contributed by atoms with Crippen LogP contribution in [0.4, 0.5) is 0 Å². The van der Waals surface area contributed by atoms with Crippen LogP contribution in [-0.4, -0.2) is 18.9 Å². The van der Waals surface area contributed by atoms with E-state index in [9.17, 15) is 9.59 Å². The second-order valence-corrected chi connectivity index (χ2v) is 2.98. The summed E-state index contributed by atoms with van der Waals surface area (Å²) in [6.45, 7) is 5.52. The van der Waals surface area contributed by atoms with E-state index < -0.39 is 0 Å². The van der Waals surface area contributed by atoms with Crippen molar-refractivity contribution in [2.45, 2.75) is 20.8 Å². The Hall–Kier alpha value is -1.64. The van der Waals surface area contributed by atoms with Gasteiger partial charge in [0.05, 0.1) is 6.61 Å². The Morgan fingerprint density at radius 1 is 1.20 bits per heavy atom. The molecule has 0 heterocycles. The van der Waals surface area contributed by atoms with Crippen LogP contribution in [0, 0.1) is 0 Å². The summed E-state index contributed by atoms with van der Waals surface area (Å²) in [6, 6.07) is 0. The van der Waals surface area contributed by atoms with Crippen LogP contribution >= 0.6 is 0 Å². The predicted molar refractivity (Wildman–Crippen MR) is 59.4 cm³/mol. The summed E-state index contributed by atoms with van der Waals surface area (Å²) in [7, 11) is 0. The van der Waals surface area contributed by atoms with Crippen molar-refractivity contribution in [3.05, 3.63) is 35.5 Å². The number of ether oxygens (including phenoxy) is 1. The SMILES string of the molecule is CCOC(=O)C(C)=CC=CC=C(C)C=O. The summed E-state index contributed by atoms with van der Waals surface area (Å²) in [5.41, 5.74) is 1.17. The third-order valence-electron chi connectivity index (χ3n) is 1.60. The maximum Gasteiger partial charge on any atom is 0.333 e. The molecular formula is C12H16O3. The summed E-state index contributed by atoms with van der Waals surface area (Å²) >= 11 is 0. The quantitative estimate of drug-likeness (QED) is 0.301. The van der Waals surface area contributed by atoms with Gasteiger partial charge in [0.1, 0.15) is 6.29 Å². The molecule has 15 heavy (non-hydrogen) atoms. The highest BCUT2D eigenvalue weighted by molar-refractivity contribution is 5.88. The van der Waals surface area contributed by atoms with E-state index in [-0.39, 0.29) is 5.97 Å². The first kappa shape index (κ1) is 13.4. The third kappa shape index (κ3) is 6.43. The molecule has 0 aromatic heterocycles. The van der Waals surface area contributed by atoms with Crippen molar-refractivity contribution in [3.8, 4) is 0 Å². The van der Waals surface area contributed by atoms with Gasteiger partial charge in [-0.2, -0.15) is 0 Å². The molecule has 0 radical (unpaired) electrons. The standard InChI is InChI=1S/C12H16O3/c1-4-15-12(14)11(3)8-6-5-7-10(2)9-13/h5-9H,4H2,1-3H3. The zero-order valence-electron chi connectivity index (χ0n) is 9.32. The van der Waals surface area contributed by atoms with Crippen LogP contribution in [0.2, 0.25) is 0 Å². The van der Waals surface area contributed by atoms with Gasteiger partial charge in [0.25, 0.3) is 0 Å². The van der Waals surface area contributed by atoms with E-state index in [0.717, 1.165) is 6.29 Å². The van der Waals surface area contributed by atoms with Crippen molar-refractivity contribution in [2.24, 2.45) is 0 Å². The lowest BCUT2D eigenvalue weighted by Gasteiger charge is -1.98. The number of allylic oxidation sites excluding steroid dienone is 5. The van der Waals surface area contributed by atoms with E-state index in [1.807, 2.05) is 0 Å². The first-order valence-corrected chi connectivity index (χ1v) is 4.76. The van der Waals surface area contributed by atoms with E-state index in [0.29, 0.717) is 17.8 Å². The molecule has 82 valence electrons. The number of rotatable bonds is 5. The fourth-order valence-electron chi connectivity index (χ4n) is 0.759. The lowest BCUT2D eigenvalue weighted by Crippen LogP contribution is -2.04. The minimum atomic E-state index is -0.321. The first-order chi connectivity index (χ1) is 7.11. The summed E-state index contributed by atoms with van der Waals surface area (Å²) < 4.78 is 4.79. The van der Waals surface area contributed by atoms with Gasteiger partial charge < -0.3 is 4.74 Å². The molecule has 0 aromatic carbocycles. The average Bonchev–Trinajstić information content (AvgIpc) is 2.23. The molecule has 0 fully saturated rings. The van der Waals surface area contributed by atoms with Gasteiger partial charge >= 0.3 is 5.97 Å². The molecule has 0 bridgehead atoms. The van der Waals surface area contributed by atoms with Gasteiger partial charge in [-0.05, 0) is 26.3 Å². The molecule has 0 saturated carbocycles. The number of carbonyl (C=O) groups excluding carboxylic acids is 2. The lowest BCUT2D eigenvalue weighted by molar-refractivity contribution is -0.138.